The first-order valence-electron chi connectivity index (χ1n) is 7.34. The van der Waals surface area contributed by atoms with Crippen LogP contribution in [0.4, 0.5) is 8.78 Å². The lowest BCUT2D eigenvalue weighted by molar-refractivity contribution is 0.421. The average Bonchev–Trinajstić information content (AvgIpc) is 2.88. The van der Waals surface area contributed by atoms with Gasteiger partial charge >= 0.3 is 0 Å². The van der Waals surface area contributed by atoms with Gasteiger partial charge in [0.1, 0.15) is 0 Å². The first kappa shape index (κ1) is 15.7. The van der Waals surface area contributed by atoms with Crippen LogP contribution in [0.2, 0.25) is 0 Å². The van der Waals surface area contributed by atoms with Crippen LogP contribution in [0.1, 0.15) is 37.9 Å². The predicted molar refractivity (Wildman–Crippen MR) is 81.1 cm³/mol. The van der Waals surface area contributed by atoms with Crippen molar-refractivity contribution < 1.29 is 8.78 Å². The van der Waals surface area contributed by atoms with E-state index in [2.05, 4.69) is 38.4 Å². The topological polar surface area (TPSA) is 17.0 Å². The number of halogens is 2. The van der Waals surface area contributed by atoms with Gasteiger partial charge in [-0.05, 0) is 41.8 Å². The summed E-state index contributed by atoms with van der Waals surface area (Å²) >= 11 is 0. The molecule has 0 aliphatic rings. The van der Waals surface area contributed by atoms with Crippen LogP contribution in [-0.2, 0) is 6.54 Å². The molecule has 0 radical (unpaired) electrons. The normalized spacial score (nSPS) is 12.9. The summed E-state index contributed by atoms with van der Waals surface area (Å²) in [5.41, 5.74) is 1.97. The highest BCUT2D eigenvalue weighted by Crippen LogP contribution is 2.22. The quantitative estimate of drug-likeness (QED) is 0.847. The van der Waals surface area contributed by atoms with E-state index in [1.165, 1.54) is 17.7 Å². The Bertz CT molecular complexity index is 590. The molecule has 1 atom stereocenters. The van der Waals surface area contributed by atoms with Gasteiger partial charge in [-0.25, -0.2) is 8.78 Å². The summed E-state index contributed by atoms with van der Waals surface area (Å²) in [5.74, 6) is -1.12. The van der Waals surface area contributed by atoms with Gasteiger partial charge in [0.05, 0.1) is 0 Å². The summed E-state index contributed by atoms with van der Waals surface area (Å²) in [6.45, 7) is 7.90. The van der Waals surface area contributed by atoms with E-state index in [9.17, 15) is 8.78 Å². The standard InChI is InChI=1S/C17H22F2N2/c1-4-20-17(12(2)3)14-7-8-21(11-14)10-13-5-6-15(18)16(19)9-13/h5-9,11-12,17,20H,4,10H2,1-3H3. The minimum Gasteiger partial charge on any atom is -0.350 e. The van der Waals surface area contributed by atoms with E-state index in [1.807, 2.05) is 10.8 Å². The van der Waals surface area contributed by atoms with Crippen molar-refractivity contribution in [1.82, 2.24) is 9.88 Å². The first-order valence-corrected chi connectivity index (χ1v) is 7.34. The van der Waals surface area contributed by atoms with E-state index in [1.54, 1.807) is 6.07 Å². The zero-order valence-corrected chi connectivity index (χ0v) is 12.7. The molecule has 4 heteroatoms. The number of benzene rings is 1. The van der Waals surface area contributed by atoms with Crippen molar-refractivity contribution >= 4 is 0 Å². The molecular weight excluding hydrogens is 270 g/mol. The fraction of sp³-hybridized carbons (Fsp3) is 0.412. The average molecular weight is 292 g/mol. The maximum Gasteiger partial charge on any atom is 0.159 e. The molecule has 1 unspecified atom stereocenters. The Morgan fingerprint density at radius 2 is 1.90 bits per heavy atom. The van der Waals surface area contributed by atoms with Crippen molar-refractivity contribution in [1.29, 1.82) is 0 Å². The largest absolute Gasteiger partial charge is 0.350 e. The number of hydrogen-bond donors (Lipinski definition) is 1. The molecule has 2 aromatic rings. The number of aromatic nitrogens is 1. The molecule has 1 heterocycles. The third-order valence-corrected chi connectivity index (χ3v) is 3.57. The molecule has 0 spiro atoms. The number of hydrogen-bond acceptors (Lipinski definition) is 1. The van der Waals surface area contributed by atoms with Crippen molar-refractivity contribution in [2.24, 2.45) is 5.92 Å². The first-order chi connectivity index (χ1) is 10.0. The van der Waals surface area contributed by atoms with E-state index in [-0.39, 0.29) is 0 Å². The van der Waals surface area contributed by atoms with Crippen molar-refractivity contribution in [3.05, 3.63) is 59.4 Å². The van der Waals surface area contributed by atoms with Crippen LogP contribution in [-0.4, -0.2) is 11.1 Å². The highest BCUT2D eigenvalue weighted by Gasteiger charge is 2.15. The second-order valence-electron chi connectivity index (χ2n) is 5.64. The van der Waals surface area contributed by atoms with Crippen LogP contribution in [0.5, 0.6) is 0 Å². The van der Waals surface area contributed by atoms with Gasteiger partial charge in [0.15, 0.2) is 11.6 Å². The van der Waals surface area contributed by atoms with Crippen LogP contribution in [0, 0.1) is 17.6 Å². The Morgan fingerprint density at radius 3 is 2.52 bits per heavy atom. The summed E-state index contributed by atoms with van der Waals surface area (Å²) in [5, 5.41) is 3.47. The highest BCUT2D eigenvalue weighted by molar-refractivity contribution is 5.21. The monoisotopic (exact) mass is 292 g/mol. The highest BCUT2D eigenvalue weighted by atomic mass is 19.2. The number of nitrogens with one attached hydrogen (secondary N) is 1. The third-order valence-electron chi connectivity index (χ3n) is 3.57. The van der Waals surface area contributed by atoms with Crippen molar-refractivity contribution in [2.45, 2.75) is 33.4 Å². The van der Waals surface area contributed by atoms with Crippen LogP contribution in [0.25, 0.3) is 0 Å². The summed E-state index contributed by atoms with van der Waals surface area (Å²) in [6.07, 6.45) is 4.04. The number of rotatable bonds is 6. The molecule has 21 heavy (non-hydrogen) atoms. The van der Waals surface area contributed by atoms with Gasteiger partial charge in [0.2, 0.25) is 0 Å². The maximum absolute atomic E-state index is 13.2. The zero-order chi connectivity index (χ0) is 15.4. The zero-order valence-electron chi connectivity index (χ0n) is 12.7. The van der Waals surface area contributed by atoms with Crippen LogP contribution < -0.4 is 5.32 Å². The van der Waals surface area contributed by atoms with Gasteiger partial charge in [-0.15, -0.1) is 0 Å². The second kappa shape index (κ2) is 6.85. The van der Waals surface area contributed by atoms with Gasteiger partial charge < -0.3 is 9.88 Å². The SMILES string of the molecule is CCNC(c1ccn(Cc2ccc(F)c(F)c2)c1)C(C)C. The minimum atomic E-state index is -0.807. The molecule has 2 rings (SSSR count). The Labute approximate surface area is 124 Å². The molecule has 2 nitrogen and oxygen atoms in total. The fourth-order valence-electron chi connectivity index (χ4n) is 2.55. The van der Waals surface area contributed by atoms with Crippen molar-refractivity contribution in [3.63, 3.8) is 0 Å². The van der Waals surface area contributed by atoms with Gasteiger partial charge in [0, 0.05) is 25.0 Å². The van der Waals surface area contributed by atoms with Crippen molar-refractivity contribution in [2.75, 3.05) is 6.54 Å². The Balaban J connectivity index is 2.13. The molecular formula is C17H22F2N2. The summed E-state index contributed by atoms with van der Waals surface area (Å²) in [7, 11) is 0. The van der Waals surface area contributed by atoms with Gasteiger partial charge in [0.25, 0.3) is 0 Å². The summed E-state index contributed by atoms with van der Waals surface area (Å²) < 4.78 is 28.2. The van der Waals surface area contributed by atoms with Crippen molar-refractivity contribution in [3.8, 4) is 0 Å². The molecule has 114 valence electrons. The molecule has 0 fully saturated rings. The summed E-state index contributed by atoms with van der Waals surface area (Å²) in [6, 6.07) is 6.42. The van der Waals surface area contributed by atoms with Gasteiger partial charge in [-0.1, -0.05) is 26.8 Å². The van der Waals surface area contributed by atoms with Crippen LogP contribution >= 0.6 is 0 Å². The smallest absolute Gasteiger partial charge is 0.159 e. The molecule has 0 aliphatic heterocycles. The molecule has 0 saturated carbocycles. The molecule has 1 aromatic carbocycles. The predicted octanol–water partition coefficient (Wildman–Crippen LogP) is 4.12. The Hall–Kier alpha value is -1.68. The maximum atomic E-state index is 13.2. The lowest BCUT2D eigenvalue weighted by Crippen LogP contribution is -2.25. The van der Waals surface area contributed by atoms with E-state index in [0.29, 0.717) is 18.5 Å². The molecule has 0 saturated heterocycles. The molecule has 0 aliphatic carbocycles. The minimum absolute atomic E-state index is 0.307. The van der Waals surface area contributed by atoms with E-state index < -0.39 is 11.6 Å². The van der Waals surface area contributed by atoms with Crippen LogP contribution in [0.3, 0.4) is 0 Å². The molecule has 0 bridgehead atoms. The second-order valence-corrected chi connectivity index (χ2v) is 5.64. The Kier molecular flexibility index (Phi) is 5.12. The van der Waals surface area contributed by atoms with E-state index in [4.69, 9.17) is 0 Å². The van der Waals surface area contributed by atoms with Gasteiger partial charge in [-0.2, -0.15) is 0 Å². The lowest BCUT2D eigenvalue weighted by atomic mass is 9.98. The molecule has 0 amide bonds. The molecule has 1 N–H and O–H groups in total. The Morgan fingerprint density at radius 1 is 1.14 bits per heavy atom. The van der Waals surface area contributed by atoms with E-state index >= 15 is 0 Å². The van der Waals surface area contributed by atoms with Crippen LogP contribution in [0.15, 0.2) is 36.7 Å². The third kappa shape index (κ3) is 3.91. The fourth-order valence-corrected chi connectivity index (χ4v) is 2.55. The molecule has 1 aromatic heterocycles. The van der Waals surface area contributed by atoms with Gasteiger partial charge in [-0.3, -0.25) is 0 Å². The van der Waals surface area contributed by atoms with E-state index in [0.717, 1.165) is 12.1 Å². The summed E-state index contributed by atoms with van der Waals surface area (Å²) in [4.78, 5) is 0. The number of nitrogens with zero attached hydrogens (tertiary/aromatic N) is 1. The lowest BCUT2D eigenvalue weighted by Gasteiger charge is -2.20.